The SMILES string of the molecule is CN(C)C(=O)C1CCC(Nc2nnc3ccccc3n2)CC1. The summed E-state index contributed by atoms with van der Waals surface area (Å²) < 4.78 is 0. The summed E-state index contributed by atoms with van der Waals surface area (Å²) in [7, 11) is 3.64. The van der Waals surface area contributed by atoms with Gasteiger partial charge in [-0.3, -0.25) is 4.79 Å². The fourth-order valence-electron chi connectivity index (χ4n) is 2.97. The largest absolute Gasteiger partial charge is 0.350 e. The molecule has 0 saturated heterocycles. The Morgan fingerprint density at radius 3 is 2.45 bits per heavy atom. The lowest BCUT2D eigenvalue weighted by Gasteiger charge is -2.29. The second-order valence-electron chi connectivity index (χ2n) is 6.05. The summed E-state index contributed by atoms with van der Waals surface area (Å²) in [4.78, 5) is 18.2. The summed E-state index contributed by atoms with van der Waals surface area (Å²) in [5.74, 6) is 0.965. The first-order valence-electron chi connectivity index (χ1n) is 7.70. The van der Waals surface area contributed by atoms with Crippen molar-refractivity contribution in [3.63, 3.8) is 0 Å². The minimum absolute atomic E-state index is 0.156. The molecule has 1 aliphatic rings. The van der Waals surface area contributed by atoms with Crippen molar-refractivity contribution in [1.29, 1.82) is 0 Å². The lowest BCUT2D eigenvalue weighted by Crippen LogP contribution is -2.35. The first-order chi connectivity index (χ1) is 10.6. The number of fused-ring (bicyclic) bond motifs is 1. The van der Waals surface area contributed by atoms with Crippen LogP contribution in [0.3, 0.4) is 0 Å². The number of anilines is 1. The molecular weight excluding hydrogens is 278 g/mol. The second-order valence-corrected chi connectivity index (χ2v) is 6.05. The average molecular weight is 299 g/mol. The van der Waals surface area contributed by atoms with Crippen molar-refractivity contribution in [2.45, 2.75) is 31.7 Å². The molecule has 6 nitrogen and oxygen atoms in total. The molecule has 1 saturated carbocycles. The number of hydrogen-bond donors (Lipinski definition) is 1. The van der Waals surface area contributed by atoms with E-state index >= 15 is 0 Å². The van der Waals surface area contributed by atoms with Gasteiger partial charge in [-0.1, -0.05) is 12.1 Å². The molecule has 0 aliphatic heterocycles. The van der Waals surface area contributed by atoms with Gasteiger partial charge in [0.15, 0.2) is 0 Å². The predicted octanol–water partition coefficient (Wildman–Crippen LogP) is 2.08. The van der Waals surface area contributed by atoms with Crippen molar-refractivity contribution in [2.24, 2.45) is 5.92 Å². The summed E-state index contributed by atoms with van der Waals surface area (Å²) in [6.07, 6.45) is 3.74. The summed E-state index contributed by atoms with van der Waals surface area (Å²) in [6, 6.07) is 8.02. The molecule has 0 unspecified atom stereocenters. The maximum Gasteiger partial charge on any atom is 0.243 e. The molecule has 1 fully saturated rings. The highest BCUT2D eigenvalue weighted by Crippen LogP contribution is 2.27. The number of para-hydroxylation sites is 1. The molecule has 0 radical (unpaired) electrons. The smallest absolute Gasteiger partial charge is 0.243 e. The Morgan fingerprint density at radius 1 is 1.09 bits per heavy atom. The van der Waals surface area contributed by atoms with Gasteiger partial charge in [0.2, 0.25) is 11.9 Å². The Balaban J connectivity index is 1.61. The quantitative estimate of drug-likeness (QED) is 0.939. The number of carbonyl (C=O) groups is 1. The van der Waals surface area contributed by atoms with E-state index in [0.29, 0.717) is 12.0 Å². The van der Waals surface area contributed by atoms with Crippen LogP contribution in [0.25, 0.3) is 11.0 Å². The number of aromatic nitrogens is 3. The number of rotatable bonds is 3. The van der Waals surface area contributed by atoms with Gasteiger partial charge in [0.25, 0.3) is 0 Å². The predicted molar refractivity (Wildman–Crippen MR) is 85.4 cm³/mol. The van der Waals surface area contributed by atoms with Crippen LogP contribution in [0.2, 0.25) is 0 Å². The molecule has 1 aromatic heterocycles. The highest BCUT2D eigenvalue weighted by Gasteiger charge is 2.27. The molecule has 2 aromatic rings. The Labute approximate surface area is 129 Å². The van der Waals surface area contributed by atoms with Gasteiger partial charge in [-0.2, -0.15) is 0 Å². The Kier molecular flexibility index (Phi) is 4.18. The molecule has 1 N–H and O–H groups in total. The van der Waals surface area contributed by atoms with E-state index in [9.17, 15) is 4.79 Å². The van der Waals surface area contributed by atoms with Crippen molar-refractivity contribution < 1.29 is 4.79 Å². The van der Waals surface area contributed by atoms with Crippen LogP contribution in [0.15, 0.2) is 24.3 Å². The number of nitrogens with zero attached hydrogens (tertiary/aromatic N) is 4. The van der Waals surface area contributed by atoms with Crippen molar-refractivity contribution in [1.82, 2.24) is 20.1 Å². The van der Waals surface area contributed by atoms with Gasteiger partial charge in [0.05, 0.1) is 5.52 Å². The summed E-state index contributed by atoms with van der Waals surface area (Å²) in [5, 5.41) is 11.7. The molecule has 116 valence electrons. The third kappa shape index (κ3) is 3.16. The van der Waals surface area contributed by atoms with Crippen molar-refractivity contribution in [3.8, 4) is 0 Å². The number of hydrogen-bond acceptors (Lipinski definition) is 5. The maximum absolute atomic E-state index is 12.0. The standard InChI is InChI=1S/C16H21N5O/c1-21(2)15(22)11-7-9-12(10-8-11)17-16-18-13-5-3-4-6-14(13)19-20-16/h3-6,11-12H,7-10H2,1-2H3,(H,17,18,20). The first-order valence-corrected chi connectivity index (χ1v) is 7.70. The molecule has 6 heteroatoms. The van der Waals surface area contributed by atoms with Crippen molar-refractivity contribution in [2.75, 3.05) is 19.4 Å². The third-order valence-electron chi connectivity index (χ3n) is 4.21. The molecule has 0 bridgehead atoms. The van der Waals surface area contributed by atoms with E-state index in [1.165, 1.54) is 0 Å². The summed E-state index contributed by atoms with van der Waals surface area (Å²) in [5.41, 5.74) is 1.64. The van der Waals surface area contributed by atoms with Gasteiger partial charge in [-0.25, -0.2) is 4.98 Å². The van der Waals surface area contributed by atoms with Crippen LogP contribution in [0, 0.1) is 5.92 Å². The van der Waals surface area contributed by atoms with Gasteiger partial charge < -0.3 is 10.2 Å². The zero-order valence-electron chi connectivity index (χ0n) is 13.0. The van der Waals surface area contributed by atoms with Crippen molar-refractivity contribution >= 4 is 22.9 Å². The molecular formula is C16H21N5O. The highest BCUT2D eigenvalue weighted by molar-refractivity contribution is 5.78. The molecule has 0 spiro atoms. The van der Waals surface area contributed by atoms with Gasteiger partial charge >= 0.3 is 0 Å². The van der Waals surface area contributed by atoms with Crippen LogP contribution in [-0.4, -0.2) is 46.1 Å². The normalized spacial score (nSPS) is 21.5. The Bertz CT molecular complexity index is 664. The van der Waals surface area contributed by atoms with Crippen LogP contribution in [-0.2, 0) is 4.79 Å². The van der Waals surface area contributed by atoms with Gasteiger partial charge in [-0.15, -0.1) is 10.2 Å². The van der Waals surface area contributed by atoms with Crippen molar-refractivity contribution in [3.05, 3.63) is 24.3 Å². The molecule has 1 aliphatic carbocycles. The lowest BCUT2D eigenvalue weighted by atomic mass is 9.85. The highest BCUT2D eigenvalue weighted by atomic mass is 16.2. The number of amides is 1. The van der Waals surface area contributed by atoms with Crippen LogP contribution < -0.4 is 5.32 Å². The third-order valence-corrected chi connectivity index (χ3v) is 4.21. The van der Waals surface area contributed by atoms with E-state index in [0.717, 1.165) is 36.7 Å². The first kappa shape index (κ1) is 14.7. The van der Waals surface area contributed by atoms with Gasteiger partial charge in [0.1, 0.15) is 5.52 Å². The lowest BCUT2D eigenvalue weighted by molar-refractivity contribution is -0.133. The number of carbonyl (C=O) groups excluding carboxylic acids is 1. The minimum atomic E-state index is 0.156. The Morgan fingerprint density at radius 2 is 1.77 bits per heavy atom. The molecule has 1 aromatic carbocycles. The summed E-state index contributed by atoms with van der Waals surface area (Å²) >= 11 is 0. The van der Waals surface area contributed by atoms with E-state index in [2.05, 4.69) is 20.5 Å². The van der Waals surface area contributed by atoms with E-state index in [1.54, 1.807) is 4.90 Å². The Hall–Kier alpha value is -2.24. The minimum Gasteiger partial charge on any atom is -0.350 e. The molecule has 3 rings (SSSR count). The van der Waals surface area contributed by atoms with E-state index in [4.69, 9.17) is 0 Å². The molecule has 1 amide bonds. The average Bonchev–Trinajstić information content (AvgIpc) is 2.55. The monoisotopic (exact) mass is 299 g/mol. The van der Waals surface area contributed by atoms with Gasteiger partial charge in [-0.05, 0) is 37.8 Å². The van der Waals surface area contributed by atoms with E-state index in [1.807, 2.05) is 38.4 Å². The van der Waals surface area contributed by atoms with Gasteiger partial charge in [0, 0.05) is 26.1 Å². The second kappa shape index (κ2) is 6.25. The van der Waals surface area contributed by atoms with Crippen LogP contribution >= 0.6 is 0 Å². The van der Waals surface area contributed by atoms with E-state index in [-0.39, 0.29) is 11.8 Å². The van der Waals surface area contributed by atoms with Crippen LogP contribution in [0.1, 0.15) is 25.7 Å². The fraction of sp³-hybridized carbons (Fsp3) is 0.500. The number of benzene rings is 1. The van der Waals surface area contributed by atoms with E-state index < -0.39 is 0 Å². The zero-order chi connectivity index (χ0) is 15.5. The zero-order valence-corrected chi connectivity index (χ0v) is 13.0. The molecule has 22 heavy (non-hydrogen) atoms. The molecule has 1 heterocycles. The topological polar surface area (TPSA) is 71.0 Å². The fourth-order valence-corrected chi connectivity index (χ4v) is 2.97. The number of nitrogens with one attached hydrogen (secondary N) is 1. The maximum atomic E-state index is 12.0. The summed E-state index contributed by atoms with van der Waals surface area (Å²) in [6.45, 7) is 0. The van der Waals surface area contributed by atoms with Crippen LogP contribution in [0.4, 0.5) is 5.95 Å². The molecule has 0 atom stereocenters. The van der Waals surface area contributed by atoms with Crippen LogP contribution in [0.5, 0.6) is 0 Å².